The van der Waals surface area contributed by atoms with Crippen molar-refractivity contribution < 1.29 is 9.53 Å². The van der Waals surface area contributed by atoms with Gasteiger partial charge in [0.2, 0.25) is 0 Å². The van der Waals surface area contributed by atoms with Gasteiger partial charge in [-0.3, -0.25) is 0 Å². The number of hydrogen-bond acceptors (Lipinski definition) is 4. The molecule has 0 unspecified atom stereocenters. The summed E-state index contributed by atoms with van der Waals surface area (Å²) in [6.45, 7) is 11.3. The minimum atomic E-state index is -0.257. The number of nitrogens with one attached hydrogen (secondary N) is 1. The Hall–Kier alpha value is -1.26. The fourth-order valence-corrected chi connectivity index (χ4v) is 2.91. The van der Waals surface area contributed by atoms with E-state index in [9.17, 15) is 4.79 Å². The maximum absolute atomic E-state index is 11.8. The van der Waals surface area contributed by atoms with Crippen LogP contribution in [0.1, 0.15) is 35.3 Å². The lowest BCUT2D eigenvalue weighted by atomic mass is 9.98. The Bertz CT molecular complexity index is 506. The third-order valence-corrected chi connectivity index (χ3v) is 3.84. The van der Waals surface area contributed by atoms with E-state index in [-0.39, 0.29) is 23.9 Å². The monoisotopic (exact) mass is 312 g/mol. The summed E-state index contributed by atoms with van der Waals surface area (Å²) in [6, 6.07) is 4.17. The lowest BCUT2D eigenvalue weighted by molar-refractivity contribution is 0.0599. The summed E-state index contributed by atoms with van der Waals surface area (Å²) in [6.07, 6.45) is 0. The Morgan fingerprint density at radius 3 is 2.33 bits per heavy atom. The standard InChI is InChI=1S/C16H24N2O2.ClH/c1-11-8-13(9-12(2)14(11)15(19)20-5)18-7-6-17-16(3,4)10-18;/h8-9,17H,6-7,10H2,1-5H3;1H. The number of esters is 1. The van der Waals surface area contributed by atoms with Crippen LogP contribution in [0, 0.1) is 13.8 Å². The molecule has 0 amide bonds. The Labute approximate surface area is 133 Å². The van der Waals surface area contributed by atoms with Crippen LogP contribution in [-0.2, 0) is 4.74 Å². The number of halogens is 1. The molecule has 1 aromatic carbocycles. The summed E-state index contributed by atoms with van der Waals surface area (Å²) in [7, 11) is 1.42. The lowest BCUT2D eigenvalue weighted by Gasteiger charge is -2.40. The molecule has 1 N–H and O–H groups in total. The zero-order valence-corrected chi connectivity index (χ0v) is 14.3. The van der Waals surface area contributed by atoms with Gasteiger partial charge in [0.15, 0.2) is 0 Å². The van der Waals surface area contributed by atoms with Crippen molar-refractivity contribution >= 4 is 24.1 Å². The van der Waals surface area contributed by atoms with Gasteiger partial charge in [-0.25, -0.2) is 4.79 Å². The van der Waals surface area contributed by atoms with Crippen molar-refractivity contribution in [2.75, 3.05) is 31.6 Å². The van der Waals surface area contributed by atoms with E-state index in [2.05, 4.69) is 36.2 Å². The van der Waals surface area contributed by atoms with Gasteiger partial charge in [-0.05, 0) is 51.0 Å². The van der Waals surface area contributed by atoms with Gasteiger partial charge in [-0.1, -0.05) is 0 Å². The lowest BCUT2D eigenvalue weighted by Crippen LogP contribution is -2.57. The predicted octanol–water partition coefficient (Wildman–Crippen LogP) is 2.70. The van der Waals surface area contributed by atoms with Gasteiger partial charge in [0, 0.05) is 30.9 Å². The maximum Gasteiger partial charge on any atom is 0.338 e. The number of ether oxygens (including phenoxy) is 1. The van der Waals surface area contributed by atoms with Gasteiger partial charge in [0.05, 0.1) is 12.7 Å². The molecule has 0 aromatic heterocycles. The summed E-state index contributed by atoms with van der Waals surface area (Å²) < 4.78 is 4.85. The van der Waals surface area contributed by atoms with E-state index in [1.165, 1.54) is 12.8 Å². The predicted molar refractivity (Wildman–Crippen MR) is 88.8 cm³/mol. The van der Waals surface area contributed by atoms with Crippen LogP contribution < -0.4 is 10.2 Å². The average Bonchev–Trinajstić information content (AvgIpc) is 2.36. The Kier molecular flexibility index (Phi) is 5.65. The molecule has 0 saturated carbocycles. The minimum Gasteiger partial charge on any atom is -0.465 e. The van der Waals surface area contributed by atoms with Crippen molar-refractivity contribution in [3.05, 3.63) is 28.8 Å². The second-order valence-electron chi connectivity index (χ2n) is 6.18. The molecule has 118 valence electrons. The van der Waals surface area contributed by atoms with Crippen molar-refractivity contribution in [3.8, 4) is 0 Å². The number of aryl methyl sites for hydroxylation is 2. The highest BCUT2D eigenvalue weighted by atomic mass is 35.5. The normalized spacial score (nSPS) is 17.1. The molecule has 1 aliphatic rings. The number of benzene rings is 1. The molecule has 1 aliphatic heterocycles. The molecule has 0 aliphatic carbocycles. The van der Waals surface area contributed by atoms with Gasteiger partial charge in [-0.15, -0.1) is 12.4 Å². The van der Waals surface area contributed by atoms with Crippen LogP contribution in [0.4, 0.5) is 5.69 Å². The van der Waals surface area contributed by atoms with Crippen LogP contribution in [0.2, 0.25) is 0 Å². The van der Waals surface area contributed by atoms with E-state index in [0.29, 0.717) is 5.56 Å². The smallest absolute Gasteiger partial charge is 0.338 e. The van der Waals surface area contributed by atoms with Crippen LogP contribution in [-0.4, -0.2) is 38.3 Å². The number of nitrogens with zero attached hydrogens (tertiary/aromatic N) is 1. The Balaban J connectivity index is 0.00000220. The van der Waals surface area contributed by atoms with Crippen molar-refractivity contribution in [2.24, 2.45) is 0 Å². The molecular weight excluding hydrogens is 288 g/mol. The number of carbonyl (C=O) groups is 1. The molecule has 0 atom stereocenters. The molecule has 0 radical (unpaired) electrons. The van der Waals surface area contributed by atoms with E-state index in [0.717, 1.165) is 30.8 Å². The number of rotatable bonds is 2. The van der Waals surface area contributed by atoms with Gasteiger partial charge >= 0.3 is 5.97 Å². The summed E-state index contributed by atoms with van der Waals surface area (Å²) in [5.41, 5.74) is 3.93. The van der Waals surface area contributed by atoms with E-state index in [1.807, 2.05) is 13.8 Å². The highest BCUT2D eigenvalue weighted by molar-refractivity contribution is 5.93. The zero-order chi connectivity index (χ0) is 14.9. The molecule has 5 heteroatoms. The van der Waals surface area contributed by atoms with Crippen molar-refractivity contribution in [1.82, 2.24) is 5.32 Å². The summed E-state index contributed by atoms with van der Waals surface area (Å²) >= 11 is 0. The first kappa shape index (κ1) is 17.8. The number of anilines is 1. The maximum atomic E-state index is 11.8. The zero-order valence-electron chi connectivity index (χ0n) is 13.4. The third kappa shape index (κ3) is 3.89. The van der Waals surface area contributed by atoms with E-state index in [4.69, 9.17) is 4.74 Å². The van der Waals surface area contributed by atoms with Crippen LogP contribution in [0.3, 0.4) is 0 Å². The first-order valence-electron chi connectivity index (χ1n) is 7.03. The molecule has 2 rings (SSSR count). The van der Waals surface area contributed by atoms with Crippen molar-refractivity contribution in [3.63, 3.8) is 0 Å². The number of piperazine rings is 1. The molecule has 1 aromatic rings. The number of hydrogen-bond donors (Lipinski definition) is 1. The number of carbonyl (C=O) groups excluding carboxylic acids is 1. The van der Waals surface area contributed by atoms with Gasteiger partial charge in [0.1, 0.15) is 0 Å². The third-order valence-electron chi connectivity index (χ3n) is 3.84. The SMILES string of the molecule is COC(=O)c1c(C)cc(N2CCNC(C)(C)C2)cc1C.Cl. The molecule has 1 fully saturated rings. The molecule has 1 saturated heterocycles. The molecular formula is C16H25ClN2O2. The minimum absolute atomic E-state index is 0. The van der Waals surface area contributed by atoms with Crippen molar-refractivity contribution in [1.29, 1.82) is 0 Å². The average molecular weight is 313 g/mol. The van der Waals surface area contributed by atoms with Gasteiger partial charge in [0.25, 0.3) is 0 Å². The fraction of sp³-hybridized carbons (Fsp3) is 0.562. The number of methoxy groups -OCH3 is 1. The van der Waals surface area contributed by atoms with Crippen molar-refractivity contribution in [2.45, 2.75) is 33.2 Å². The first-order valence-corrected chi connectivity index (χ1v) is 7.03. The molecule has 4 nitrogen and oxygen atoms in total. The first-order chi connectivity index (χ1) is 9.34. The van der Waals surface area contributed by atoms with E-state index in [1.54, 1.807) is 0 Å². The quantitative estimate of drug-likeness (QED) is 0.853. The van der Waals surface area contributed by atoms with Crippen LogP contribution in [0.25, 0.3) is 0 Å². The second-order valence-corrected chi connectivity index (χ2v) is 6.18. The van der Waals surface area contributed by atoms with Gasteiger partial charge < -0.3 is 15.0 Å². The topological polar surface area (TPSA) is 41.6 Å². The highest BCUT2D eigenvalue weighted by Gasteiger charge is 2.26. The van der Waals surface area contributed by atoms with Crippen LogP contribution in [0.5, 0.6) is 0 Å². The molecule has 1 heterocycles. The largest absolute Gasteiger partial charge is 0.465 e. The summed E-state index contributed by atoms with van der Waals surface area (Å²) in [4.78, 5) is 14.2. The van der Waals surface area contributed by atoms with E-state index >= 15 is 0 Å². The summed E-state index contributed by atoms with van der Waals surface area (Å²) in [5.74, 6) is -0.257. The fourth-order valence-electron chi connectivity index (χ4n) is 2.91. The second kappa shape index (κ2) is 6.67. The van der Waals surface area contributed by atoms with Crippen LogP contribution >= 0.6 is 12.4 Å². The summed E-state index contributed by atoms with van der Waals surface area (Å²) in [5, 5.41) is 3.51. The van der Waals surface area contributed by atoms with Crippen LogP contribution in [0.15, 0.2) is 12.1 Å². The van der Waals surface area contributed by atoms with Gasteiger partial charge in [-0.2, -0.15) is 0 Å². The Morgan fingerprint density at radius 2 is 1.86 bits per heavy atom. The molecule has 0 bridgehead atoms. The Morgan fingerprint density at radius 1 is 1.29 bits per heavy atom. The molecule has 0 spiro atoms. The highest BCUT2D eigenvalue weighted by Crippen LogP contribution is 2.26. The van der Waals surface area contributed by atoms with E-state index < -0.39 is 0 Å². The molecule has 21 heavy (non-hydrogen) atoms.